The van der Waals surface area contributed by atoms with Gasteiger partial charge in [0.15, 0.2) is 12.1 Å². The minimum absolute atomic E-state index is 0.104. The molecule has 5 heteroatoms. The van der Waals surface area contributed by atoms with Crippen molar-refractivity contribution >= 4 is 5.78 Å². The van der Waals surface area contributed by atoms with Crippen molar-refractivity contribution in [3.8, 4) is 11.5 Å². The van der Waals surface area contributed by atoms with E-state index >= 15 is 0 Å². The average molecular weight is 282 g/mol. The summed E-state index contributed by atoms with van der Waals surface area (Å²) in [5.41, 5.74) is 0.469. The van der Waals surface area contributed by atoms with Gasteiger partial charge in [-0.15, -0.1) is 0 Å². The lowest BCUT2D eigenvalue weighted by atomic mass is 10.1. The van der Waals surface area contributed by atoms with E-state index in [-0.39, 0.29) is 12.2 Å². The van der Waals surface area contributed by atoms with Gasteiger partial charge in [0, 0.05) is 13.2 Å². The summed E-state index contributed by atoms with van der Waals surface area (Å²) in [5.74, 6) is 1.02. The van der Waals surface area contributed by atoms with Crippen molar-refractivity contribution in [2.24, 2.45) is 0 Å². The van der Waals surface area contributed by atoms with Crippen LogP contribution in [0.3, 0.4) is 0 Å². The third kappa shape index (κ3) is 4.51. The van der Waals surface area contributed by atoms with Crippen LogP contribution in [0.2, 0.25) is 0 Å². The second kappa shape index (κ2) is 8.55. The van der Waals surface area contributed by atoms with Crippen LogP contribution < -0.4 is 9.47 Å². The molecule has 0 saturated heterocycles. The van der Waals surface area contributed by atoms with Gasteiger partial charge in [0.1, 0.15) is 11.5 Å². The van der Waals surface area contributed by atoms with Crippen LogP contribution in [-0.4, -0.2) is 39.5 Å². The highest BCUT2D eigenvalue weighted by atomic mass is 16.7. The van der Waals surface area contributed by atoms with E-state index in [1.54, 1.807) is 25.3 Å². The smallest absolute Gasteiger partial charge is 0.171 e. The van der Waals surface area contributed by atoms with E-state index in [1.165, 1.54) is 7.11 Å². The number of rotatable bonds is 9. The fourth-order valence-electron chi connectivity index (χ4n) is 1.83. The van der Waals surface area contributed by atoms with Crippen LogP contribution in [0.4, 0.5) is 0 Å². The van der Waals surface area contributed by atoms with Crippen molar-refractivity contribution in [1.29, 1.82) is 0 Å². The van der Waals surface area contributed by atoms with Crippen molar-refractivity contribution in [3.05, 3.63) is 23.8 Å². The number of benzene rings is 1. The Labute approximate surface area is 119 Å². The van der Waals surface area contributed by atoms with Gasteiger partial charge in [-0.25, -0.2) is 0 Å². The topological polar surface area (TPSA) is 54.0 Å². The number of hydrogen-bond acceptors (Lipinski definition) is 5. The molecule has 0 aromatic heterocycles. The minimum atomic E-state index is -0.534. The highest BCUT2D eigenvalue weighted by Gasteiger charge is 2.19. The van der Waals surface area contributed by atoms with E-state index in [9.17, 15) is 4.79 Å². The molecule has 0 N–H and O–H groups in total. The number of carbonyl (C=O) groups excluding carboxylic acids is 1. The molecule has 1 rings (SSSR count). The molecular weight excluding hydrogens is 260 g/mol. The number of ether oxygens (including phenoxy) is 4. The summed E-state index contributed by atoms with van der Waals surface area (Å²) in [7, 11) is 3.08. The molecule has 0 amide bonds. The number of carbonyl (C=O) groups is 1. The van der Waals surface area contributed by atoms with Crippen molar-refractivity contribution in [3.63, 3.8) is 0 Å². The highest BCUT2D eigenvalue weighted by Crippen LogP contribution is 2.25. The molecule has 0 aliphatic rings. The highest BCUT2D eigenvalue weighted by molar-refractivity contribution is 5.99. The van der Waals surface area contributed by atoms with Gasteiger partial charge in [0.2, 0.25) is 0 Å². The number of hydrogen-bond donors (Lipinski definition) is 0. The van der Waals surface area contributed by atoms with Crippen LogP contribution in [0.15, 0.2) is 18.2 Å². The SMILES string of the molecule is CCOC(CC(=O)c1cc(OC)ccc1OC)OCC. The molecule has 0 radical (unpaired) electrons. The van der Waals surface area contributed by atoms with Crippen LogP contribution >= 0.6 is 0 Å². The third-order valence-electron chi connectivity index (χ3n) is 2.76. The lowest BCUT2D eigenvalue weighted by Gasteiger charge is -2.17. The van der Waals surface area contributed by atoms with Crippen LogP contribution in [0.5, 0.6) is 11.5 Å². The van der Waals surface area contributed by atoms with Crippen molar-refractivity contribution < 1.29 is 23.7 Å². The summed E-state index contributed by atoms with van der Waals surface area (Å²) in [6.07, 6.45) is -0.390. The summed E-state index contributed by atoms with van der Waals surface area (Å²) in [6.45, 7) is 4.71. The van der Waals surface area contributed by atoms with E-state index < -0.39 is 6.29 Å². The molecule has 0 unspecified atom stereocenters. The first kappa shape index (κ1) is 16.5. The lowest BCUT2D eigenvalue weighted by molar-refractivity contribution is -0.133. The summed E-state index contributed by atoms with van der Waals surface area (Å²) in [5, 5.41) is 0. The molecule has 112 valence electrons. The van der Waals surface area contributed by atoms with Crippen LogP contribution in [-0.2, 0) is 9.47 Å². The molecule has 0 spiro atoms. The summed E-state index contributed by atoms with van der Waals surface area (Å²) >= 11 is 0. The lowest BCUT2D eigenvalue weighted by Crippen LogP contribution is -2.21. The Hall–Kier alpha value is -1.59. The first-order chi connectivity index (χ1) is 9.65. The van der Waals surface area contributed by atoms with Gasteiger partial charge in [0.05, 0.1) is 26.2 Å². The zero-order valence-electron chi connectivity index (χ0n) is 12.5. The van der Waals surface area contributed by atoms with Crippen molar-refractivity contribution in [1.82, 2.24) is 0 Å². The molecule has 1 aromatic rings. The predicted octanol–water partition coefficient (Wildman–Crippen LogP) is 2.68. The van der Waals surface area contributed by atoms with Gasteiger partial charge in [0.25, 0.3) is 0 Å². The number of ketones is 1. The quantitative estimate of drug-likeness (QED) is 0.515. The van der Waals surface area contributed by atoms with E-state index in [1.807, 2.05) is 13.8 Å². The first-order valence-electron chi connectivity index (χ1n) is 6.64. The van der Waals surface area contributed by atoms with E-state index in [2.05, 4.69) is 0 Å². The minimum Gasteiger partial charge on any atom is -0.497 e. The van der Waals surface area contributed by atoms with Crippen LogP contribution in [0.25, 0.3) is 0 Å². The molecule has 5 nitrogen and oxygen atoms in total. The number of methoxy groups -OCH3 is 2. The number of Topliss-reactive ketones (excluding diaryl/α,β-unsaturated/α-hetero) is 1. The van der Waals surface area contributed by atoms with Gasteiger partial charge in [-0.1, -0.05) is 0 Å². The molecular formula is C15H22O5. The van der Waals surface area contributed by atoms with Crippen molar-refractivity contribution in [2.45, 2.75) is 26.6 Å². The second-order valence-electron chi connectivity index (χ2n) is 4.03. The molecule has 0 atom stereocenters. The van der Waals surface area contributed by atoms with Gasteiger partial charge >= 0.3 is 0 Å². The Kier molecular flexibility index (Phi) is 7.04. The largest absolute Gasteiger partial charge is 0.497 e. The molecule has 0 aliphatic heterocycles. The molecule has 20 heavy (non-hydrogen) atoms. The van der Waals surface area contributed by atoms with Gasteiger partial charge in [-0.2, -0.15) is 0 Å². The Morgan fingerprint density at radius 2 is 1.75 bits per heavy atom. The Bertz CT molecular complexity index is 424. The maximum atomic E-state index is 12.4. The second-order valence-corrected chi connectivity index (χ2v) is 4.03. The standard InChI is InChI=1S/C15H22O5/c1-5-19-15(20-6-2)10-13(16)12-9-11(17-3)7-8-14(12)18-4/h7-9,15H,5-6,10H2,1-4H3. The maximum Gasteiger partial charge on any atom is 0.171 e. The third-order valence-corrected chi connectivity index (χ3v) is 2.76. The fraction of sp³-hybridized carbons (Fsp3) is 0.533. The van der Waals surface area contributed by atoms with Gasteiger partial charge < -0.3 is 18.9 Å². The Morgan fingerprint density at radius 3 is 2.25 bits per heavy atom. The average Bonchev–Trinajstić information content (AvgIpc) is 2.47. The summed E-state index contributed by atoms with van der Waals surface area (Å²) in [4.78, 5) is 12.4. The Balaban J connectivity index is 2.88. The van der Waals surface area contributed by atoms with Crippen molar-refractivity contribution in [2.75, 3.05) is 27.4 Å². The maximum absolute atomic E-state index is 12.4. The van der Waals surface area contributed by atoms with Gasteiger partial charge in [-0.3, -0.25) is 4.79 Å². The Morgan fingerprint density at radius 1 is 1.10 bits per heavy atom. The molecule has 1 aromatic carbocycles. The molecule has 0 bridgehead atoms. The zero-order valence-corrected chi connectivity index (χ0v) is 12.5. The summed E-state index contributed by atoms with van der Waals surface area (Å²) < 4.78 is 21.1. The van der Waals surface area contributed by atoms with Crippen LogP contribution in [0, 0.1) is 0 Å². The van der Waals surface area contributed by atoms with Crippen LogP contribution in [0.1, 0.15) is 30.6 Å². The predicted molar refractivity (Wildman–Crippen MR) is 75.5 cm³/mol. The fourth-order valence-corrected chi connectivity index (χ4v) is 1.83. The summed E-state index contributed by atoms with van der Waals surface area (Å²) in [6, 6.07) is 5.12. The normalized spacial score (nSPS) is 10.7. The molecule has 0 aliphatic carbocycles. The van der Waals surface area contributed by atoms with E-state index in [0.717, 1.165) is 0 Å². The van der Waals surface area contributed by atoms with E-state index in [0.29, 0.717) is 30.3 Å². The first-order valence-corrected chi connectivity index (χ1v) is 6.64. The van der Waals surface area contributed by atoms with E-state index in [4.69, 9.17) is 18.9 Å². The zero-order chi connectivity index (χ0) is 15.0. The monoisotopic (exact) mass is 282 g/mol. The molecule has 0 heterocycles. The van der Waals surface area contributed by atoms with Gasteiger partial charge in [-0.05, 0) is 32.0 Å². The molecule has 0 fully saturated rings. The molecule has 0 saturated carbocycles.